The fourth-order valence-electron chi connectivity index (χ4n) is 1.83. The van der Waals surface area contributed by atoms with Crippen LogP contribution in [0.15, 0.2) is 27.8 Å². The lowest BCUT2D eigenvalue weighted by Crippen LogP contribution is -2.23. The van der Waals surface area contributed by atoms with Crippen LogP contribution in [-0.2, 0) is 23.1 Å². The third-order valence-electron chi connectivity index (χ3n) is 2.94. The minimum Gasteiger partial charge on any atom is -0.310 e. The van der Waals surface area contributed by atoms with Gasteiger partial charge < -0.3 is 5.32 Å². The molecular weight excluding hydrogens is 324 g/mol. The van der Waals surface area contributed by atoms with Crippen LogP contribution in [0.5, 0.6) is 0 Å². The van der Waals surface area contributed by atoms with Gasteiger partial charge in [-0.2, -0.15) is 11.3 Å². The quantitative estimate of drug-likeness (QED) is 0.811. The maximum atomic E-state index is 12.4. The van der Waals surface area contributed by atoms with Crippen LogP contribution in [0, 0.1) is 6.92 Å². The number of aryl methyl sites for hydroxylation is 1. The van der Waals surface area contributed by atoms with Crippen LogP contribution in [0.1, 0.15) is 29.2 Å². The highest BCUT2D eigenvalue weighted by atomic mass is 32.2. The van der Waals surface area contributed by atoms with Crippen LogP contribution < -0.4 is 10.0 Å². The van der Waals surface area contributed by atoms with E-state index >= 15 is 0 Å². The van der Waals surface area contributed by atoms with Crippen molar-refractivity contribution < 1.29 is 8.42 Å². The first-order valence-corrected chi connectivity index (χ1v) is 9.96. The van der Waals surface area contributed by atoms with E-state index in [1.807, 2.05) is 23.8 Å². The lowest BCUT2D eigenvalue weighted by molar-refractivity contribution is 0.580. The van der Waals surface area contributed by atoms with Gasteiger partial charge in [0.1, 0.15) is 0 Å². The molecule has 0 aliphatic carbocycles. The Morgan fingerprint density at radius 1 is 1.29 bits per heavy atom. The summed E-state index contributed by atoms with van der Waals surface area (Å²) in [5.41, 5.74) is 0.984. The Bertz CT molecular complexity index is 673. The van der Waals surface area contributed by atoms with Crippen LogP contribution in [-0.4, -0.2) is 14.5 Å². The second-order valence-corrected chi connectivity index (χ2v) is 8.98. The molecule has 0 saturated carbocycles. The molecule has 2 aromatic heterocycles. The number of thiophene rings is 2. The van der Waals surface area contributed by atoms with E-state index in [2.05, 4.69) is 23.9 Å². The van der Waals surface area contributed by atoms with Crippen LogP contribution >= 0.6 is 22.7 Å². The van der Waals surface area contributed by atoms with E-state index in [4.69, 9.17) is 0 Å². The predicted molar refractivity (Wildman–Crippen MR) is 89.4 cm³/mol. The van der Waals surface area contributed by atoms with E-state index in [0.29, 0.717) is 24.0 Å². The second kappa shape index (κ2) is 7.02. The van der Waals surface area contributed by atoms with Gasteiger partial charge in [-0.1, -0.05) is 13.8 Å². The highest BCUT2D eigenvalue weighted by Gasteiger charge is 2.19. The number of sulfonamides is 1. The molecule has 7 heteroatoms. The standard InChI is InChI=1S/C14H20N2O2S3/c1-10(2)15-8-13-6-14(11(3)20-13)21(17,18)16-7-12-4-5-19-9-12/h4-6,9-10,15-16H,7-8H2,1-3H3. The Morgan fingerprint density at radius 3 is 2.67 bits per heavy atom. The summed E-state index contributed by atoms with van der Waals surface area (Å²) in [5, 5.41) is 7.19. The molecule has 0 atom stereocenters. The topological polar surface area (TPSA) is 58.2 Å². The van der Waals surface area contributed by atoms with Crippen molar-refractivity contribution >= 4 is 32.7 Å². The first kappa shape index (κ1) is 16.6. The van der Waals surface area contributed by atoms with Crippen molar-refractivity contribution in [2.24, 2.45) is 0 Å². The summed E-state index contributed by atoms with van der Waals surface area (Å²) in [6.45, 7) is 7.02. The van der Waals surface area contributed by atoms with Crippen molar-refractivity contribution in [3.63, 3.8) is 0 Å². The molecular formula is C14H20N2O2S3. The van der Waals surface area contributed by atoms with Gasteiger partial charge in [0.2, 0.25) is 10.0 Å². The Morgan fingerprint density at radius 2 is 2.05 bits per heavy atom. The minimum absolute atomic E-state index is 0.334. The Kier molecular flexibility index (Phi) is 5.56. The van der Waals surface area contributed by atoms with Gasteiger partial charge in [-0.05, 0) is 35.4 Å². The normalized spacial score (nSPS) is 12.2. The van der Waals surface area contributed by atoms with Crippen molar-refractivity contribution in [3.05, 3.63) is 38.2 Å². The second-order valence-electron chi connectivity index (χ2n) is 5.12. The van der Waals surface area contributed by atoms with Gasteiger partial charge in [0.25, 0.3) is 0 Å². The Balaban J connectivity index is 2.08. The largest absolute Gasteiger partial charge is 0.310 e. The number of rotatable bonds is 7. The highest BCUT2D eigenvalue weighted by Crippen LogP contribution is 2.26. The Labute approximate surface area is 134 Å². The summed E-state index contributed by atoms with van der Waals surface area (Å²) in [6.07, 6.45) is 0. The number of nitrogens with one attached hydrogen (secondary N) is 2. The van der Waals surface area contributed by atoms with Gasteiger partial charge in [0.15, 0.2) is 0 Å². The zero-order chi connectivity index (χ0) is 15.5. The van der Waals surface area contributed by atoms with Crippen molar-refractivity contribution in [3.8, 4) is 0 Å². The van der Waals surface area contributed by atoms with E-state index < -0.39 is 10.0 Å². The minimum atomic E-state index is -3.45. The van der Waals surface area contributed by atoms with Crippen molar-refractivity contribution in [1.29, 1.82) is 0 Å². The molecule has 0 aliphatic heterocycles. The van der Waals surface area contributed by atoms with Crippen LogP contribution in [0.4, 0.5) is 0 Å². The van der Waals surface area contributed by atoms with Crippen molar-refractivity contribution in [1.82, 2.24) is 10.0 Å². The first-order valence-electron chi connectivity index (χ1n) is 6.72. The number of hydrogen-bond acceptors (Lipinski definition) is 5. The molecule has 0 unspecified atom stereocenters. The van der Waals surface area contributed by atoms with Crippen molar-refractivity contribution in [2.75, 3.05) is 0 Å². The molecule has 2 heterocycles. The van der Waals surface area contributed by atoms with E-state index in [9.17, 15) is 8.42 Å². The molecule has 0 saturated heterocycles. The molecule has 0 aliphatic rings. The average Bonchev–Trinajstić information content (AvgIpc) is 3.03. The SMILES string of the molecule is Cc1sc(CNC(C)C)cc1S(=O)(=O)NCc1ccsc1. The lowest BCUT2D eigenvalue weighted by Gasteiger charge is -2.05. The molecule has 0 spiro atoms. The molecule has 0 amide bonds. The van der Waals surface area contributed by atoms with Gasteiger partial charge in [-0.15, -0.1) is 11.3 Å². The van der Waals surface area contributed by atoms with Crippen LogP contribution in [0.3, 0.4) is 0 Å². The van der Waals surface area contributed by atoms with Crippen LogP contribution in [0.25, 0.3) is 0 Å². The summed E-state index contributed by atoms with van der Waals surface area (Å²) in [6, 6.07) is 4.07. The monoisotopic (exact) mass is 344 g/mol. The van der Waals surface area contributed by atoms with Gasteiger partial charge in [0, 0.05) is 28.9 Å². The maximum Gasteiger partial charge on any atom is 0.241 e. The zero-order valence-corrected chi connectivity index (χ0v) is 14.8. The fourth-order valence-corrected chi connectivity index (χ4v) is 5.10. The van der Waals surface area contributed by atoms with E-state index in [0.717, 1.165) is 15.3 Å². The van der Waals surface area contributed by atoms with Crippen molar-refractivity contribution in [2.45, 2.75) is 44.8 Å². The zero-order valence-electron chi connectivity index (χ0n) is 12.3. The third kappa shape index (κ3) is 4.62. The van der Waals surface area contributed by atoms with Gasteiger partial charge in [-0.25, -0.2) is 13.1 Å². The molecule has 0 aromatic carbocycles. The smallest absolute Gasteiger partial charge is 0.241 e. The molecule has 0 radical (unpaired) electrons. The molecule has 116 valence electrons. The summed E-state index contributed by atoms with van der Waals surface area (Å²) in [5.74, 6) is 0. The predicted octanol–water partition coefficient (Wildman–Crippen LogP) is 3.09. The third-order valence-corrected chi connectivity index (χ3v) is 6.38. The summed E-state index contributed by atoms with van der Waals surface area (Å²) >= 11 is 3.09. The number of hydrogen-bond donors (Lipinski definition) is 2. The molecule has 2 N–H and O–H groups in total. The Hall–Kier alpha value is -0.730. The molecule has 0 bridgehead atoms. The van der Waals surface area contributed by atoms with Gasteiger partial charge in [-0.3, -0.25) is 0 Å². The maximum absolute atomic E-state index is 12.4. The molecule has 0 fully saturated rings. The highest BCUT2D eigenvalue weighted by molar-refractivity contribution is 7.89. The summed E-state index contributed by atoms with van der Waals surface area (Å²) < 4.78 is 27.4. The first-order chi connectivity index (χ1) is 9.88. The average molecular weight is 345 g/mol. The summed E-state index contributed by atoms with van der Waals surface area (Å²) in [7, 11) is -3.45. The summed E-state index contributed by atoms with van der Waals surface area (Å²) in [4.78, 5) is 2.26. The molecule has 4 nitrogen and oxygen atoms in total. The molecule has 2 aromatic rings. The van der Waals surface area contributed by atoms with Gasteiger partial charge in [0.05, 0.1) is 4.90 Å². The fraction of sp³-hybridized carbons (Fsp3) is 0.429. The lowest BCUT2D eigenvalue weighted by atomic mass is 10.3. The van der Waals surface area contributed by atoms with Crippen LogP contribution in [0.2, 0.25) is 0 Å². The molecule has 2 rings (SSSR count). The van der Waals surface area contributed by atoms with E-state index in [1.54, 1.807) is 17.4 Å². The van der Waals surface area contributed by atoms with E-state index in [-0.39, 0.29) is 0 Å². The van der Waals surface area contributed by atoms with E-state index in [1.165, 1.54) is 11.3 Å². The van der Waals surface area contributed by atoms with Gasteiger partial charge >= 0.3 is 0 Å². The molecule has 21 heavy (non-hydrogen) atoms.